The SMILES string of the molecule is CCCCCCc1c2nc(c(-c3ccc(O[C@@H]4OC(CO)[C@H](O)C(O)C4O)cc3)c3ccc([nH]3)c(CCCCCC)c3nc(c(-c4ccc(OC5O[C@H](CO)C(O)C(O)C5=O)cc4)c4ccc1[nH]4)C=C3)C=C2. The topological polar surface area (TPSA) is 253 Å². The van der Waals surface area contributed by atoms with Crippen molar-refractivity contribution < 1.29 is 59.5 Å². The molecular formula is C56H64N4O12. The van der Waals surface area contributed by atoms with Gasteiger partial charge in [-0.1, -0.05) is 76.6 Å². The van der Waals surface area contributed by atoms with Crippen molar-refractivity contribution in [1.29, 1.82) is 0 Å². The van der Waals surface area contributed by atoms with E-state index in [0.717, 1.165) is 142 Å². The van der Waals surface area contributed by atoms with Crippen LogP contribution in [0.2, 0.25) is 0 Å². The van der Waals surface area contributed by atoms with E-state index in [4.69, 9.17) is 28.9 Å². The molecule has 16 nitrogen and oxygen atoms in total. The average molecular weight is 985 g/mol. The first-order chi connectivity index (χ1) is 35.0. The Balaban J connectivity index is 1.18. The number of rotatable bonds is 18. The molecular weight excluding hydrogens is 921 g/mol. The number of hydrogen-bond donors (Lipinski definition) is 9. The summed E-state index contributed by atoms with van der Waals surface area (Å²) in [6.07, 6.45) is 5.04. The van der Waals surface area contributed by atoms with Crippen LogP contribution in [0.3, 0.4) is 0 Å². The molecule has 0 amide bonds. The fourth-order valence-electron chi connectivity index (χ4n) is 9.79. The number of fused-ring (bicyclic) bond motifs is 8. The number of benzene rings is 2. The van der Waals surface area contributed by atoms with Crippen molar-refractivity contribution in [1.82, 2.24) is 19.9 Å². The van der Waals surface area contributed by atoms with E-state index in [-0.39, 0.29) is 5.75 Å². The van der Waals surface area contributed by atoms with Crippen LogP contribution < -0.4 is 9.47 Å². The lowest BCUT2D eigenvalue weighted by Gasteiger charge is -2.39. The standard InChI is InChI=1S/C56H64N4O12/c1-3-5-7-9-11-35-37-21-25-41(57-37)47(31-13-17-33(18-14-31)69-55-53(67)51(65)49(63)45(29-61)71-55)43-27-23-39(59-43)36(12-10-8-6-4-2)40-24-28-44(60-40)48(42-26-22-38(35)58-42)32-15-19-34(20-16-32)70-56-54(68)52(66)50(64)46(30-62)72-56/h13-28,45-46,49-53,55-57,60-67H,3-12,29-30H2,1-2H3/t45?,46-,49+,50?,51?,52?,53?,55-,56?/m1/s1. The van der Waals surface area contributed by atoms with Gasteiger partial charge in [-0.2, -0.15) is 0 Å². The van der Waals surface area contributed by atoms with E-state index < -0.39 is 74.3 Å². The van der Waals surface area contributed by atoms with Gasteiger partial charge in [-0.25, -0.2) is 9.97 Å². The molecule has 0 saturated carbocycles. The maximum Gasteiger partial charge on any atom is 0.263 e. The zero-order valence-electron chi connectivity index (χ0n) is 40.5. The normalized spacial score (nSPS) is 24.0. The molecule has 9 rings (SSSR count). The van der Waals surface area contributed by atoms with Crippen LogP contribution in [0, 0.1) is 0 Å². The van der Waals surface area contributed by atoms with Crippen molar-refractivity contribution in [2.45, 2.75) is 133 Å². The lowest BCUT2D eigenvalue weighted by Crippen LogP contribution is -2.60. The number of aliphatic hydroxyl groups excluding tert-OH is 7. The Morgan fingerprint density at radius 3 is 1.46 bits per heavy atom. The Kier molecular flexibility index (Phi) is 16.1. The molecule has 3 aromatic heterocycles. The molecule has 2 fully saturated rings. The monoisotopic (exact) mass is 984 g/mol. The van der Waals surface area contributed by atoms with Crippen LogP contribution in [-0.2, 0) is 27.1 Å². The van der Waals surface area contributed by atoms with E-state index in [2.05, 4.69) is 60.2 Å². The van der Waals surface area contributed by atoms with Crippen molar-refractivity contribution >= 4 is 52.2 Å². The number of carbonyl (C=O) groups excluding carboxylic acids is 1. The molecule has 7 heterocycles. The minimum absolute atomic E-state index is 0.286. The molecule has 5 aromatic rings. The third kappa shape index (κ3) is 10.7. The van der Waals surface area contributed by atoms with Gasteiger partial charge in [0.25, 0.3) is 6.29 Å². The number of ketones is 1. The first-order valence-corrected chi connectivity index (χ1v) is 25.1. The summed E-state index contributed by atoms with van der Waals surface area (Å²) in [7, 11) is 0. The predicted octanol–water partition coefficient (Wildman–Crippen LogP) is 6.80. The highest BCUT2D eigenvalue weighted by Crippen LogP contribution is 2.37. The molecule has 2 saturated heterocycles. The third-order valence-electron chi connectivity index (χ3n) is 13.9. The van der Waals surface area contributed by atoms with Crippen molar-refractivity contribution in [3.8, 4) is 33.8 Å². The number of nitrogens with zero attached hydrogens (tertiary/aromatic N) is 2. The van der Waals surface area contributed by atoms with Gasteiger partial charge in [-0.15, -0.1) is 0 Å². The summed E-state index contributed by atoms with van der Waals surface area (Å²) < 4.78 is 23.0. The molecule has 9 N–H and O–H groups in total. The highest BCUT2D eigenvalue weighted by Gasteiger charge is 2.46. The third-order valence-corrected chi connectivity index (χ3v) is 13.9. The Hall–Kier alpha value is -6.05. The van der Waals surface area contributed by atoms with E-state index in [1.54, 1.807) is 24.3 Å². The fourth-order valence-corrected chi connectivity index (χ4v) is 9.79. The number of aromatic amines is 2. The number of ether oxygens (including phenoxy) is 4. The molecule has 16 heteroatoms. The largest absolute Gasteiger partial charge is 0.462 e. The van der Waals surface area contributed by atoms with Gasteiger partial charge in [0.15, 0.2) is 0 Å². The summed E-state index contributed by atoms with van der Waals surface area (Å²) >= 11 is 0. The van der Waals surface area contributed by atoms with E-state index in [1.165, 1.54) is 0 Å². The number of Topliss-reactive ketones (excluding diaryl/α,β-unsaturated/α-hetero) is 1. The number of carbonyl (C=O) groups is 1. The van der Waals surface area contributed by atoms with Gasteiger partial charge in [-0.3, -0.25) is 4.79 Å². The van der Waals surface area contributed by atoms with E-state index in [9.17, 15) is 40.5 Å². The van der Waals surface area contributed by atoms with Gasteiger partial charge in [0.05, 0.1) is 36.0 Å². The Morgan fingerprint density at radius 2 is 0.972 bits per heavy atom. The predicted molar refractivity (Wildman–Crippen MR) is 273 cm³/mol. The quantitative estimate of drug-likeness (QED) is 0.0401. The van der Waals surface area contributed by atoms with E-state index >= 15 is 0 Å². The number of unbranched alkanes of at least 4 members (excludes halogenated alkanes) is 6. The lowest BCUT2D eigenvalue weighted by molar-refractivity contribution is -0.277. The first kappa shape index (κ1) is 50.9. The van der Waals surface area contributed by atoms with Crippen LogP contribution in [0.5, 0.6) is 11.5 Å². The molecule has 6 unspecified atom stereocenters. The van der Waals surface area contributed by atoms with Crippen LogP contribution in [-0.4, -0.2) is 130 Å². The molecule has 4 aliphatic heterocycles. The van der Waals surface area contributed by atoms with Crippen molar-refractivity contribution in [2.24, 2.45) is 0 Å². The first-order valence-electron chi connectivity index (χ1n) is 25.1. The molecule has 72 heavy (non-hydrogen) atoms. The number of aromatic nitrogens is 4. The summed E-state index contributed by atoms with van der Waals surface area (Å²) in [6, 6.07) is 22.8. The highest BCUT2D eigenvalue weighted by molar-refractivity contribution is 5.94. The summed E-state index contributed by atoms with van der Waals surface area (Å²) in [5.41, 5.74) is 12.1. The lowest BCUT2D eigenvalue weighted by atomic mass is 9.99. The van der Waals surface area contributed by atoms with Crippen molar-refractivity contribution in [3.63, 3.8) is 0 Å². The Bertz CT molecular complexity index is 2920. The number of H-pyrrole nitrogens is 2. The zero-order chi connectivity index (χ0) is 50.5. The van der Waals surface area contributed by atoms with E-state index in [0.29, 0.717) is 5.75 Å². The van der Waals surface area contributed by atoms with E-state index in [1.807, 2.05) is 36.4 Å². The van der Waals surface area contributed by atoms with Crippen LogP contribution in [0.25, 0.3) is 68.6 Å². The van der Waals surface area contributed by atoms with Crippen molar-refractivity contribution in [2.75, 3.05) is 13.2 Å². The molecule has 2 aromatic carbocycles. The van der Waals surface area contributed by atoms with Gasteiger partial charge < -0.3 is 64.7 Å². The smallest absolute Gasteiger partial charge is 0.263 e. The molecule has 8 bridgehead atoms. The molecule has 0 spiro atoms. The molecule has 380 valence electrons. The zero-order valence-corrected chi connectivity index (χ0v) is 40.5. The molecule has 9 atom stereocenters. The highest BCUT2D eigenvalue weighted by atomic mass is 16.7. The second-order valence-electron chi connectivity index (χ2n) is 18.8. The van der Waals surface area contributed by atoms with Gasteiger partial charge >= 0.3 is 0 Å². The van der Waals surface area contributed by atoms with Crippen LogP contribution >= 0.6 is 0 Å². The minimum Gasteiger partial charge on any atom is -0.462 e. The maximum absolute atomic E-state index is 12.8. The van der Waals surface area contributed by atoms with Crippen LogP contribution in [0.4, 0.5) is 0 Å². The number of aryl methyl sites for hydroxylation is 2. The number of aliphatic hydroxyl groups is 7. The van der Waals surface area contributed by atoms with Crippen molar-refractivity contribution in [3.05, 3.63) is 107 Å². The second-order valence-corrected chi connectivity index (χ2v) is 18.8. The molecule has 4 aliphatic rings. The molecule has 0 aliphatic carbocycles. The fraction of sp³-hybridized carbons (Fsp3) is 0.411. The Morgan fingerprint density at radius 1 is 0.514 bits per heavy atom. The minimum atomic E-state index is -1.76. The second kappa shape index (κ2) is 22.8. The summed E-state index contributed by atoms with van der Waals surface area (Å²) in [6.45, 7) is 3.21. The average Bonchev–Trinajstić information content (AvgIpc) is 4.26. The Labute approximate surface area is 417 Å². The summed E-state index contributed by atoms with van der Waals surface area (Å²) in [5.74, 6) is -0.212. The summed E-state index contributed by atoms with van der Waals surface area (Å²) in [4.78, 5) is 31.1. The summed E-state index contributed by atoms with van der Waals surface area (Å²) in [5, 5.41) is 71.4. The molecule has 0 radical (unpaired) electrons. The number of hydrogen-bond acceptors (Lipinski definition) is 14. The van der Waals surface area contributed by atoms with Gasteiger partial charge in [0.1, 0.15) is 54.2 Å². The maximum atomic E-state index is 12.8. The van der Waals surface area contributed by atoms with Crippen LogP contribution in [0.1, 0.15) is 99.1 Å². The van der Waals surface area contributed by atoms with Gasteiger partial charge in [0.2, 0.25) is 12.1 Å². The van der Waals surface area contributed by atoms with Gasteiger partial charge in [0, 0.05) is 44.3 Å². The van der Waals surface area contributed by atoms with Gasteiger partial charge in [-0.05, 0) is 110 Å². The number of nitrogens with one attached hydrogen (secondary N) is 2. The van der Waals surface area contributed by atoms with Crippen LogP contribution in [0.15, 0.2) is 72.8 Å².